The molecule has 0 aliphatic heterocycles. The van der Waals surface area contributed by atoms with Crippen LogP contribution >= 0.6 is 0 Å². The Morgan fingerprint density at radius 1 is 1.22 bits per heavy atom. The van der Waals surface area contributed by atoms with Gasteiger partial charge in [0.25, 0.3) is 5.56 Å². The van der Waals surface area contributed by atoms with E-state index in [1.165, 1.54) is 7.11 Å². The van der Waals surface area contributed by atoms with Crippen LogP contribution in [0, 0.1) is 6.92 Å². The number of hydrogen-bond donors (Lipinski definition) is 2. The number of ether oxygens (including phenoxy) is 1. The lowest BCUT2D eigenvalue weighted by Crippen LogP contribution is -2.29. The van der Waals surface area contributed by atoms with E-state index in [4.69, 9.17) is 4.74 Å². The van der Waals surface area contributed by atoms with Gasteiger partial charge in [0.1, 0.15) is 17.8 Å². The molecular formula is C20H18N4O3. The van der Waals surface area contributed by atoms with Gasteiger partial charge in [0.2, 0.25) is 5.91 Å². The van der Waals surface area contributed by atoms with Crippen LogP contribution in [0.5, 0.6) is 5.75 Å². The molecule has 0 saturated heterocycles. The van der Waals surface area contributed by atoms with Gasteiger partial charge >= 0.3 is 0 Å². The molecular weight excluding hydrogens is 344 g/mol. The fraction of sp³-hybridized carbons (Fsp3) is 0.150. The van der Waals surface area contributed by atoms with Crippen molar-refractivity contribution in [3.05, 3.63) is 64.6 Å². The van der Waals surface area contributed by atoms with Gasteiger partial charge in [-0.1, -0.05) is 23.8 Å². The number of amides is 1. The fourth-order valence-electron chi connectivity index (χ4n) is 3.12. The average molecular weight is 362 g/mol. The van der Waals surface area contributed by atoms with Gasteiger partial charge in [-0.15, -0.1) is 0 Å². The maximum atomic E-state index is 12.8. The minimum Gasteiger partial charge on any atom is -0.495 e. The summed E-state index contributed by atoms with van der Waals surface area (Å²) in [5.74, 6) is 0.188. The largest absolute Gasteiger partial charge is 0.495 e. The number of hydrogen-bond acceptors (Lipinski definition) is 4. The van der Waals surface area contributed by atoms with Crippen molar-refractivity contribution in [2.75, 3.05) is 12.4 Å². The molecule has 0 saturated carbocycles. The summed E-state index contributed by atoms with van der Waals surface area (Å²) in [5, 5.41) is 8.61. The van der Waals surface area contributed by atoms with E-state index in [-0.39, 0.29) is 18.0 Å². The predicted molar refractivity (Wildman–Crippen MR) is 104 cm³/mol. The molecule has 0 spiro atoms. The molecule has 7 heteroatoms. The molecule has 2 heterocycles. The van der Waals surface area contributed by atoms with Crippen LogP contribution in [0.25, 0.3) is 21.8 Å². The van der Waals surface area contributed by atoms with E-state index in [1.54, 1.807) is 24.4 Å². The van der Waals surface area contributed by atoms with Gasteiger partial charge in [-0.3, -0.25) is 9.59 Å². The molecule has 0 unspecified atom stereocenters. The van der Waals surface area contributed by atoms with Crippen LogP contribution in [0.2, 0.25) is 0 Å². The quantitative estimate of drug-likeness (QED) is 0.584. The zero-order valence-corrected chi connectivity index (χ0v) is 14.9. The lowest BCUT2D eigenvalue weighted by atomic mass is 10.1. The average Bonchev–Trinajstić information content (AvgIpc) is 3.03. The number of methoxy groups -OCH3 is 1. The second-order valence-corrected chi connectivity index (χ2v) is 6.32. The Morgan fingerprint density at radius 2 is 2.04 bits per heavy atom. The molecule has 2 aromatic heterocycles. The van der Waals surface area contributed by atoms with E-state index in [2.05, 4.69) is 15.4 Å². The highest BCUT2D eigenvalue weighted by molar-refractivity contribution is 6.06. The molecule has 0 atom stereocenters. The van der Waals surface area contributed by atoms with Gasteiger partial charge in [0, 0.05) is 16.3 Å². The van der Waals surface area contributed by atoms with Crippen molar-refractivity contribution < 1.29 is 9.53 Å². The van der Waals surface area contributed by atoms with Gasteiger partial charge in [0.15, 0.2) is 0 Å². The number of aromatic nitrogens is 3. The highest BCUT2D eigenvalue weighted by Gasteiger charge is 2.14. The number of aromatic amines is 1. The molecule has 27 heavy (non-hydrogen) atoms. The summed E-state index contributed by atoms with van der Waals surface area (Å²) >= 11 is 0. The summed E-state index contributed by atoms with van der Waals surface area (Å²) in [6, 6.07) is 13.0. The van der Waals surface area contributed by atoms with Crippen molar-refractivity contribution in [3.8, 4) is 5.75 Å². The van der Waals surface area contributed by atoms with E-state index >= 15 is 0 Å². The lowest BCUT2D eigenvalue weighted by Gasteiger charge is -2.10. The summed E-state index contributed by atoms with van der Waals surface area (Å²) in [6.45, 7) is 1.80. The summed E-state index contributed by atoms with van der Waals surface area (Å²) in [5.41, 5.74) is 2.61. The smallest absolute Gasteiger partial charge is 0.291 e. The summed E-state index contributed by atoms with van der Waals surface area (Å²) in [7, 11) is 1.53. The number of nitrogens with one attached hydrogen (secondary N) is 2. The predicted octanol–water partition coefficient (Wildman–Crippen LogP) is 2.83. The van der Waals surface area contributed by atoms with Crippen LogP contribution in [0.3, 0.4) is 0 Å². The minimum atomic E-state index is -0.361. The number of carbonyl (C=O) groups is 1. The van der Waals surface area contributed by atoms with Gasteiger partial charge in [-0.05, 0) is 31.2 Å². The van der Waals surface area contributed by atoms with Gasteiger partial charge < -0.3 is 15.0 Å². The Balaban J connectivity index is 1.66. The van der Waals surface area contributed by atoms with E-state index < -0.39 is 0 Å². The lowest BCUT2D eigenvalue weighted by molar-refractivity contribution is -0.117. The normalized spacial score (nSPS) is 11.0. The van der Waals surface area contributed by atoms with Gasteiger partial charge in [-0.2, -0.15) is 5.10 Å². The first-order chi connectivity index (χ1) is 13.1. The Morgan fingerprint density at radius 3 is 2.85 bits per heavy atom. The third kappa shape index (κ3) is 3.03. The number of aryl methyl sites for hydroxylation is 1. The molecule has 0 bridgehead atoms. The van der Waals surface area contributed by atoms with Crippen molar-refractivity contribution in [1.29, 1.82) is 0 Å². The maximum absolute atomic E-state index is 12.8. The molecule has 2 N–H and O–H groups in total. The molecule has 1 amide bonds. The van der Waals surface area contributed by atoms with E-state index in [9.17, 15) is 9.59 Å². The second-order valence-electron chi connectivity index (χ2n) is 6.32. The van der Waals surface area contributed by atoms with Gasteiger partial charge in [-0.25, -0.2) is 4.68 Å². The third-order valence-electron chi connectivity index (χ3n) is 4.44. The number of H-pyrrole nitrogens is 1. The molecule has 0 aliphatic carbocycles. The second kappa shape index (κ2) is 6.60. The Hall–Kier alpha value is -3.61. The number of carbonyl (C=O) groups excluding carboxylic acids is 1. The summed E-state index contributed by atoms with van der Waals surface area (Å²) < 4.78 is 6.37. The van der Waals surface area contributed by atoms with Crippen LogP contribution in [0.4, 0.5) is 5.69 Å². The van der Waals surface area contributed by atoms with Gasteiger partial charge in [0.05, 0.1) is 19.0 Å². The van der Waals surface area contributed by atoms with Crippen LogP contribution in [-0.2, 0) is 11.3 Å². The minimum absolute atomic E-state index is 0.193. The number of nitrogens with zero attached hydrogens (tertiary/aromatic N) is 2. The molecule has 136 valence electrons. The number of para-hydroxylation sites is 2. The first kappa shape index (κ1) is 16.8. The third-order valence-corrected chi connectivity index (χ3v) is 4.44. The molecule has 7 nitrogen and oxygen atoms in total. The van der Waals surface area contributed by atoms with Crippen LogP contribution in [0.15, 0.2) is 53.5 Å². The van der Waals surface area contributed by atoms with Crippen LogP contribution in [0.1, 0.15) is 5.56 Å². The van der Waals surface area contributed by atoms with Crippen molar-refractivity contribution in [3.63, 3.8) is 0 Å². The SMILES string of the molecule is COc1ccccc1NC(=O)Cn1ncc2c([nH]c3ccc(C)cc32)c1=O. The van der Waals surface area contributed by atoms with Crippen molar-refractivity contribution in [1.82, 2.24) is 14.8 Å². The van der Waals surface area contributed by atoms with Crippen molar-refractivity contribution >= 4 is 33.4 Å². The topological polar surface area (TPSA) is 89.0 Å². The van der Waals surface area contributed by atoms with E-state index in [0.29, 0.717) is 17.0 Å². The Labute approximate surface area is 154 Å². The van der Waals surface area contributed by atoms with E-state index in [0.717, 1.165) is 26.5 Å². The highest BCUT2D eigenvalue weighted by Crippen LogP contribution is 2.24. The first-order valence-corrected chi connectivity index (χ1v) is 8.48. The van der Waals surface area contributed by atoms with Crippen LogP contribution < -0.4 is 15.6 Å². The van der Waals surface area contributed by atoms with E-state index in [1.807, 2.05) is 31.2 Å². The number of rotatable bonds is 4. The molecule has 4 aromatic rings. The molecule has 2 aromatic carbocycles. The molecule has 0 aliphatic rings. The fourth-order valence-corrected chi connectivity index (χ4v) is 3.12. The monoisotopic (exact) mass is 362 g/mol. The zero-order valence-electron chi connectivity index (χ0n) is 14.9. The summed E-state index contributed by atoms with van der Waals surface area (Å²) in [6.07, 6.45) is 1.62. The first-order valence-electron chi connectivity index (χ1n) is 8.48. The van der Waals surface area contributed by atoms with Crippen molar-refractivity contribution in [2.24, 2.45) is 0 Å². The standard InChI is InChI=1S/C20H18N4O3/c1-12-7-8-15-13(9-12)14-10-21-24(20(26)19(14)23-15)11-18(25)22-16-5-3-4-6-17(16)27-2/h3-10,23H,11H2,1-2H3,(H,22,25). The molecule has 4 rings (SSSR count). The number of benzene rings is 2. The number of fused-ring (bicyclic) bond motifs is 3. The Kier molecular flexibility index (Phi) is 4.12. The molecule has 0 radical (unpaired) electrons. The molecule has 0 fully saturated rings. The van der Waals surface area contributed by atoms with Crippen molar-refractivity contribution in [2.45, 2.75) is 13.5 Å². The highest BCUT2D eigenvalue weighted by atomic mass is 16.5. The Bertz CT molecular complexity index is 1220. The van der Waals surface area contributed by atoms with Crippen LogP contribution in [-0.4, -0.2) is 27.8 Å². The summed E-state index contributed by atoms with van der Waals surface area (Å²) in [4.78, 5) is 28.3. The maximum Gasteiger partial charge on any atom is 0.291 e. The zero-order chi connectivity index (χ0) is 19.0. The number of anilines is 1.